The SMILES string of the molecule is NC(=O)c1ccn(-c2cc(Br)ccc2C=O)n1. The maximum atomic E-state index is 10.9. The third-order valence-corrected chi connectivity index (χ3v) is 2.70. The monoisotopic (exact) mass is 293 g/mol. The molecular formula is C11H8BrN3O2. The summed E-state index contributed by atoms with van der Waals surface area (Å²) in [7, 11) is 0. The predicted octanol–water partition coefficient (Wildman–Crippen LogP) is 1.55. The van der Waals surface area contributed by atoms with E-state index in [0.717, 1.165) is 10.8 Å². The van der Waals surface area contributed by atoms with Crippen LogP contribution in [0.5, 0.6) is 0 Å². The summed E-state index contributed by atoms with van der Waals surface area (Å²) < 4.78 is 2.25. The lowest BCUT2D eigenvalue weighted by Gasteiger charge is -2.05. The van der Waals surface area contributed by atoms with Crippen LogP contribution < -0.4 is 5.73 Å². The fourth-order valence-corrected chi connectivity index (χ4v) is 1.75. The van der Waals surface area contributed by atoms with E-state index in [-0.39, 0.29) is 5.69 Å². The highest BCUT2D eigenvalue weighted by Crippen LogP contribution is 2.19. The van der Waals surface area contributed by atoms with Gasteiger partial charge in [-0.1, -0.05) is 15.9 Å². The standard InChI is InChI=1S/C11H8BrN3O2/c12-8-2-1-7(6-16)10(5-8)15-4-3-9(14-15)11(13)17/h1-6H,(H2,13,17). The van der Waals surface area contributed by atoms with Gasteiger partial charge < -0.3 is 5.73 Å². The van der Waals surface area contributed by atoms with Crippen LogP contribution in [0.2, 0.25) is 0 Å². The van der Waals surface area contributed by atoms with Gasteiger partial charge in [-0.2, -0.15) is 5.10 Å². The maximum Gasteiger partial charge on any atom is 0.269 e. The van der Waals surface area contributed by atoms with Gasteiger partial charge in [-0.05, 0) is 24.3 Å². The van der Waals surface area contributed by atoms with Crippen LogP contribution in [0.15, 0.2) is 34.9 Å². The highest BCUT2D eigenvalue weighted by Gasteiger charge is 2.09. The van der Waals surface area contributed by atoms with Crippen molar-refractivity contribution in [1.82, 2.24) is 9.78 Å². The van der Waals surface area contributed by atoms with Crippen molar-refractivity contribution in [3.05, 3.63) is 46.2 Å². The van der Waals surface area contributed by atoms with Crippen LogP contribution in [0.3, 0.4) is 0 Å². The lowest BCUT2D eigenvalue weighted by Crippen LogP contribution is -2.12. The van der Waals surface area contributed by atoms with Crippen LogP contribution in [0.4, 0.5) is 0 Å². The zero-order valence-corrected chi connectivity index (χ0v) is 10.2. The molecule has 86 valence electrons. The number of benzene rings is 1. The summed E-state index contributed by atoms with van der Waals surface area (Å²) >= 11 is 3.31. The first-order valence-electron chi connectivity index (χ1n) is 4.72. The van der Waals surface area contributed by atoms with E-state index < -0.39 is 5.91 Å². The molecule has 5 nitrogen and oxygen atoms in total. The maximum absolute atomic E-state index is 10.9. The second-order valence-electron chi connectivity index (χ2n) is 3.33. The van der Waals surface area contributed by atoms with Gasteiger partial charge in [0, 0.05) is 16.2 Å². The van der Waals surface area contributed by atoms with Gasteiger partial charge in [-0.15, -0.1) is 0 Å². The Kier molecular flexibility index (Phi) is 3.06. The van der Waals surface area contributed by atoms with Crippen LogP contribution in [-0.2, 0) is 0 Å². The number of hydrogen-bond donors (Lipinski definition) is 1. The van der Waals surface area contributed by atoms with Crippen LogP contribution in [-0.4, -0.2) is 22.0 Å². The number of primary amides is 1. The third-order valence-electron chi connectivity index (χ3n) is 2.21. The number of carbonyl (C=O) groups is 2. The number of halogens is 1. The molecule has 0 radical (unpaired) electrons. The van der Waals surface area contributed by atoms with Crippen LogP contribution in [0.1, 0.15) is 20.8 Å². The Morgan fingerprint density at radius 3 is 2.76 bits per heavy atom. The zero-order valence-electron chi connectivity index (χ0n) is 8.63. The number of aldehydes is 1. The molecule has 0 bridgehead atoms. The average Bonchev–Trinajstić information content (AvgIpc) is 2.78. The topological polar surface area (TPSA) is 78.0 Å². The summed E-state index contributed by atoms with van der Waals surface area (Å²) in [6.07, 6.45) is 2.31. The Balaban J connectivity index is 2.54. The molecule has 1 heterocycles. The first kappa shape index (κ1) is 11.5. The van der Waals surface area contributed by atoms with E-state index >= 15 is 0 Å². The molecular weight excluding hydrogens is 286 g/mol. The van der Waals surface area contributed by atoms with Gasteiger partial charge in [0.2, 0.25) is 0 Å². The molecule has 0 unspecified atom stereocenters. The second kappa shape index (κ2) is 4.50. The summed E-state index contributed by atoms with van der Waals surface area (Å²) in [6, 6.07) is 6.66. The molecule has 0 spiro atoms. The molecule has 1 aromatic carbocycles. The van der Waals surface area contributed by atoms with Crippen molar-refractivity contribution in [2.24, 2.45) is 5.73 Å². The van der Waals surface area contributed by atoms with E-state index in [4.69, 9.17) is 5.73 Å². The number of hydrogen-bond acceptors (Lipinski definition) is 3. The molecule has 2 rings (SSSR count). The number of rotatable bonds is 3. The normalized spacial score (nSPS) is 10.2. The van der Waals surface area contributed by atoms with Gasteiger partial charge in [-0.25, -0.2) is 4.68 Å². The Bertz CT molecular complexity index is 592. The van der Waals surface area contributed by atoms with Gasteiger partial charge in [0.25, 0.3) is 5.91 Å². The van der Waals surface area contributed by atoms with E-state index in [9.17, 15) is 9.59 Å². The molecule has 0 fully saturated rings. The third kappa shape index (κ3) is 2.26. The molecule has 2 aromatic rings. The van der Waals surface area contributed by atoms with E-state index in [2.05, 4.69) is 21.0 Å². The Morgan fingerprint density at radius 1 is 1.41 bits per heavy atom. The van der Waals surface area contributed by atoms with E-state index in [0.29, 0.717) is 11.3 Å². The van der Waals surface area contributed by atoms with E-state index in [1.165, 1.54) is 10.7 Å². The minimum Gasteiger partial charge on any atom is -0.364 e. The highest BCUT2D eigenvalue weighted by atomic mass is 79.9. The highest BCUT2D eigenvalue weighted by molar-refractivity contribution is 9.10. The lowest BCUT2D eigenvalue weighted by molar-refractivity contribution is 0.0995. The molecule has 17 heavy (non-hydrogen) atoms. The van der Waals surface area contributed by atoms with Crippen molar-refractivity contribution in [2.45, 2.75) is 0 Å². The summed E-state index contributed by atoms with van der Waals surface area (Å²) in [5, 5.41) is 3.99. The van der Waals surface area contributed by atoms with Gasteiger partial charge >= 0.3 is 0 Å². The van der Waals surface area contributed by atoms with Crippen molar-refractivity contribution < 1.29 is 9.59 Å². The largest absolute Gasteiger partial charge is 0.364 e. The number of nitrogens with zero attached hydrogens (tertiary/aromatic N) is 2. The Morgan fingerprint density at radius 2 is 2.18 bits per heavy atom. The molecule has 0 aliphatic rings. The number of amides is 1. The first-order valence-corrected chi connectivity index (χ1v) is 5.51. The van der Waals surface area contributed by atoms with Gasteiger partial charge in [0.1, 0.15) is 5.69 Å². The fraction of sp³-hybridized carbons (Fsp3) is 0. The van der Waals surface area contributed by atoms with Crippen molar-refractivity contribution in [1.29, 1.82) is 0 Å². The molecule has 1 aromatic heterocycles. The number of nitrogens with two attached hydrogens (primary N) is 1. The molecule has 0 aliphatic carbocycles. The van der Waals surface area contributed by atoms with Crippen molar-refractivity contribution in [3.63, 3.8) is 0 Å². The van der Waals surface area contributed by atoms with Crippen molar-refractivity contribution in [2.75, 3.05) is 0 Å². The van der Waals surface area contributed by atoms with Crippen molar-refractivity contribution in [3.8, 4) is 5.69 Å². The predicted molar refractivity (Wildman–Crippen MR) is 65.2 cm³/mol. The molecule has 0 saturated heterocycles. The fourth-order valence-electron chi connectivity index (χ4n) is 1.40. The molecule has 0 atom stereocenters. The smallest absolute Gasteiger partial charge is 0.269 e. The van der Waals surface area contributed by atoms with E-state index in [1.54, 1.807) is 24.4 Å². The molecule has 0 aliphatic heterocycles. The van der Waals surface area contributed by atoms with Crippen LogP contribution in [0, 0.1) is 0 Å². The van der Waals surface area contributed by atoms with Gasteiger partial charge in [-0.3, -0.25) is 9.59 Å². The molecule has 2 N–H and O–H groups in total. The van der Waals surface area contributed by atoms with E-state index in [1.807, 2.05) is 0 Å². The van der Waals surface area contributed by atoms with Gasteiger partial charge in [0.05, 0.1) is 5.69 Å². The lowest BCUT2D eigenvalue weighted by atomic mass is 10.2. The molecule has 0 saturated carbocycles. The van der Waals surface area contributed by atoms with Crippen LogP contribution >= 0.6 is 15.9 Å². The summed E-state index contributed by atoms with van der Waals surface area (Å²) in [5.74, 6) is -0.605. The summed E-state index contributed by atoms with van der Waals surface area (Å²) in [5.41, 5.74) is 6.33. The molecule has 6 heteroatoms. The van der Waals surface area contributed by atoms with Gasteiger partial charge in [0.15, 0.2) is 6.29 Å². The summed E-state index contributed by atoms with van der Waals surface area (Å²) in [4.78, 5) is 21.8. The van der Waals surface area contributed by atoms with Crippen molar-refractivity contribution >= 4 is 28.1 Å². The quantitative estimate of drug-likeness (QED) is 0.872. The minimum atomic E-state index is -0.605. The number of aromatic nitrogens is 2. The number of carbonyl (C=O) groups excluding carboxylic acids is 2. The minimum absolute atomic E-state index is 0.154. The zero-order chi connectivity index (χ0) is 12.4. The molecule has 1 amide bonds. The van der Waals surface area contributed by atoms with Crippen LogP contribution in [0.25, 0.3) is 5.69 Å². The average molecular weight is 294 g/mol. The Hall–Kier alpha value is -1.95. The summed E-state index contributed by atoms with van der Waals surface area (Å²) in [6.45, 7) is 0. The first-order chi connectivity index (χ1) is 8.11. The Labute approximate surface area is 105 Å². The second-order valence-corrected chi connectivity index (χ2v) is 4.25.